The van der Waals surface area contributed by atoms with Crippen LogP contribution in [0.2, 0.25) is 0 Å². The lowest BCUT2D eigenvalue weighted by atomic mass is 9.91. The molecule has 4 heteroatoms. The predicted octanol–water partition coefficient (Wildman–Crippen LogP) is 5.21. The van der Waals surface area contributed by atoms with E-state index in [0.29, 0.717) is 18.4 Å². The maximum absolute atomic E-state index is 13.1. The Morgan fingerprint density at radius 2 is 1.89 bits per heavy atom. The molecule has 0 saturated heterocycles. The van der Waals surface area contributed by atoms with Crippen LogP contribution in [-0.2, 0) is 9.53 Å². The first kappa shape index (κ1) is 19.2. The fraction of sp³-hybridized carbons (Fsp3) is 0.391. The molecule has 0 N–H and O–H groups in total. The number of amides is 1. The number of nitrogens with zero attached hydrogens (tertiary/aromatic N) is 1. The number of hydrogen-bond donors (Lipinski definition) is 0. The molecule has 4 nitrogen and oxygen atoms in total. The SMILES string of the molecule is CCCCC(=O)O[C@H]1C[C@@H](C)N(C(=O)c2ccccc2)c2ccc(C)cc21. The third-order valence-corrected chi connectivity index (χ3v) is 5.03. The van der Waals surface area contributed by atoms with Gasteiger partial charge in [0.05, 0.1) is 5.69 Å². The van der Waals surface area contributed by atoms with Gasteiger partial charge in [-0.05, 0) is 38.5 Å². The van der Waals surface area contributed by atoms with Crippen LogP contribution in [0.5, 0.6) is 0 Å². The third kappa shape index (κ3) is 4.21. The van der Waals surface area contributed by atoms with Crippen molar-refractivity contribution in [2.24, 2.45) is 0 Å². The number of anilines is 1. The Morgan fingerprint density at radius 3 is 2.59 bits per heavy atom. The van der Waals surface area contributed by atoms with Gasteiger partial charge in [0.2, 0.25) is 0 Å². The zero-order valence-corrected chi connectivity index (χ0v) is 16.3. The Morgan fingerprint density at radius 1 is 1.15 bits per heavy atom. The summed E-state index contributed by atoms with van der Waals surface area (Å²) in [5, 5.41) is 0. The Kier molecular flexibility index (Phi) is 5.94. The molecule has 2 aromatic rings. The largest absolute Gasteiger partial charge is 0.457 e. The number of carbonyl (C=O) groups excluding carboxylic acids is 2. The first-order valence-electron chi connectivity index (χ1n) is 9.70. The highest BCUT2D eigenvalue weighted by molar-refractivity contribution is 6.07. The minimum Gasteiger partial charge on any atom is -0.457 e. The van der Waals surface area contributed by atoms with Crippen molar-refractivity contribution >= 4 is 17.6 Å². The summed E-state index contributed by atoms with van der Waals surface area (Å²) in [6.45, 7) is 6.08. The maximum Gasteiger partial charge on any atom is 0.306 e. The molecule has 0 spiro atoms. The molecule has 142 valence electrons. The number of aryl methyl sites for hydroxylation is 1. The van der Waals surface area contributed by atoms with E-state index in [1.54, 1.807) is 0 Å². The van der Waals surface area contributed by atoms with Gasteiger partial charge >= 0.3 is 5.97 Å². The molecule has 0 fully saturated rings. The van der Waals surface area contributed by atoms with Crippen molar-refractivity contribution < 1.29 is 14.3 Å². The molecule has 1 aliphatic rings. The summed E-state index contributed by atoms with van der Waals surface area (Å²) in [6.07, 6.45) is 2.53. The van der Waals surface area contributed by atoms with Gasteiger partial charge in [0.25, 0.3) is 5.91 Å². The number of hydrogen-bond acceptors (Lipinski definition) is 3. The van der Waals surface area contributed by atoms with Gasteiger partial charge in [0.15, 0.2) is 0 Å². The third-order valence-electron chi connectivity index (χ3n) is 5.03. The van der Waals surface area contributed by atoms with Gasteiger partial charge < -0.3 is 9.64 Å². The Hall–Kier alpha value is -2.62. The van der Waals surface area contributed by atoms with Crippen molar-refractivity contribution in [1.29, 1.82) is 0 Å². The summed E-state index contributed by atoms with van der Waals surface area (Å²) >= 11 is 0. The second-order valence-electron chi connectivity index (χ2n) is 7.27. The van der Waals surface area contributed by atoms with E-state index in [2.05, 4.69) is 6.92 Å². The van der Waals surface area contributed by atoms with E-state index in [1.165, 1.54) is 0 Å². The summed E-state index contributed by atoms with van der Waals surface area (Å²) < 4.78 is 5.80. The number of unbranched alkanes of at least 4 members (excludes halogenated alkanes) is 1. The fourth-order valence-electron chi connectivity index (χ4n) is 3.61. The molecule has 0 aromatic heterocycles. The first-order chi connectivity index (χ1) is 13.0. The molecule has 0 bridgehead atoms. The smallest absolute Gasteiger partial charge is 0.306 e. The highest BCUT2D eigenvalue weighted by Gasteiger charge is 2.36. The monoisotopic (exact) mass is 365 g/mol. The normalized spacial score (nSPS) is 18.7. The Labute approximate surface area is 161 Å². The first-order valence-corrected chi connectivity index (χ1v) is 9.70. The van der Waals surface area contributed by atoms with Crippen LogP contribution in [0.3, 0.4) is 0 Å². The van der Waals surface area contributed by atoms with E-state index in [9.17, 15) is 9.59 Å². The van der Waals surface area contributed by atoms with Crippen LogP contribution in [0.25, 0.3) is 0 Å². The lowest BCUT2D eigenvalue weighted by Gasteiger charge is -2.39. The molecule has 0 saturated carbocycles. The summed E-state index contributed by atoms with van der Waals surface area (Å²) in [5.74, 6) is -0.187. The molecule has 0 aliphatic carbocycles. The zero-order valence-electron chi connectivity index (χ0n) is 16.3. The van der Waals surface area contributed by atoms with Crippen LogP contribution in [0, 0.1) is 6.92 Å². The molecular weight excluding hydrogens is 338 g/mol. The minimum absolute atomic E-state index is 0.0241. The second-order valence-corrected chi connectivity index (χ2v) is 7.27. The van der Waals surface area contributed by atoms with Gasteiger partial charge in [-0.1, -0.05) is 49.2 Å². The topological polar surface area (TPSA) is 46.6 Å². The number of fused-ring (bicyclic) bond motifs is 1. The summed E-state index contributed by atoms with van der Waals surface area (Å²) in [6, 6.07) is 15.2. The molecule has 1 amide bonds. The second kappa shape index (κ2) is 8.38. The van der Waals surface area contributed by atoms with Gasteiger partial charge in [0.1, 0.15) is 6.10 Å². The van der Waals surface area contributed by atoms with Gasteiger partial charge in [-0.15, -0.1) is 0 Å². The van der Waals surface area contributed by atoms with Crippen LogP contribution in [0.1, 0.15) is 67.1 Å². The quantitative estimate of drug-likeness (QED) is 0.684. The molecular formula is C23H27NO3. The van der Waals surface area contributed by atoms with E-state index in [4.69, 9.17) is 4.74 Å². The number of ether oxygens (including phenoxy) is 1. The molecule has 2 atom stereocenters. The average Bonchev–Trinajstić information content (AvgIpc) is 2.67. The number of esters is 1. The van der Waals surface area contributed by atoms with E-state index < -0.39 is 0 Å². The summed E-state index contributed by atoms with van der Waals surface area (Å²) in [7, 11) is 0. The highest BCUT2D eigenvalue weighted by atomic mass is 16.5. The van der Waals surface area contributed by atoms with Crippen molar-refractivity contribution in [1.82, 2.24) is 0 Å². The van der Waals surface area contributed by atoms with Gasteiger partial charge in [-0.3, -0.25) is 9.59 Å². The summed E-state index contributed by atoms with van der Waals surface area (Å²) in [4.78, 5) is 27.2. The average molecular weight is 365 g/mol. The number of carbonyl (C=O) groups is 2. The Bertz CT molecular complexity index is 816. The van der Waals surface area contributed by atoms with Crippen LogP contribution in [0.4, 0.5) is 5.69 Å². The van der Waals surface area contributed by atoms with Gasteiger partial charge in [-0.2, -0.15) is 0 Å². The Balaban J connectivity index is 1.93. The van der Waals surface area contributed by atoms with Crippen molar-refractivity contribution in [2.75, 3.05) is 4.90 Å². The van der Waals surface area contributed by atoms with Crippen LogP contribution < -0.4 is 4.90 Å². The van der Waals surface area contributed by atoms with Crippen molar-refractivity contribution in [3.8, 4) is 0 Å². The van der Waals surface area contributed by atoms with Crippen molar-refractivity contribution in [2.45, 2.75) is 58.6 Å². The zero-order chi connectivity index (χ0) is 19.4. The highest BCUT2D eigenvalue weighted by Crippen LogP contribution is 2.40. The lowest BCUT2D eigenvalue weighted by molar-refractivity contribution is -0.150. The van der Waals surface area contributed by atoms with Gasteiger partial charge in [0, 0.05) is 30.0 Å². The number of benzene rings is 2. The van der Waals surface area contributed by atoms with Crippen LogP contribution >= 0.6 is 0 Å². The minimum atomic E-state index is -0.306. The van der Waals surface area contributed by atoms with E-state index in [1.807, 2.05) is 67.3 Å². The lowest BCUT2D eigenvalue weighted by Crippen LogP contribution is -2.44. The molecule has 0 radical (unpaired) electrons. The fourth-order valence-corrected chi connectivity index (χ4v) is 3.61. The predicted molar refractivity (Wildman–Crippen MR) is 107 cm³/mol. The molecule has 0 unspecified atom stereocenters. The number of rotatable bonds is 5. The standard InChI is InChI=1S/C23H27NO3/c1-4-5-11-22(25)27-21-15-17(3)24(20-13-12-16(2)14-19(20)21)23(26)18-9-7-6-8-10-18/h6-10,12-14,17,21H,4-5,11,15H2,1-3H3/t17-,21+/m1/s1. The maximum atomic E-state index is 13.1. The molecule has 27 heavy (non-hydrogen) atoms. The molecule has 1 heterocycles. The van der Waals surface area contributed by atoms with E-state index in [-0.39, 0.29) is 24.0 Å². The van der Waals surface area contributed by atoms with Crippen LogP contribution in [0.15, 0.2) is 48.5 Å². The van der Waals surface area contributed by atoms with Crippen molar-refractivity contribution in [3.05, 3.63) is 65.2 Å². The molecule has 1 aliphatic heterocycles. The van der Waals surface area contributed by atoms with Crippen LogP contribution in [-0.4, -0.2) is 17.9 Å². The molecule has 2 aromatic carbocycles. The molecule has 3 rings (SSSR count). The van der Waals surface area contributed by atoms with E-state index in [0.717, 1.165) is 29.7 Å². The van der Waals surface area contributed by atoms with Gasteiger partial charge in [-0.25, -0.2) is 0 Å². The van der Waals surface area contributed by atoms with Crippen molar-refractivity contribution in [3.63, 3.8) is 0 Å². The summed E-state index contributed by atoms with van der Waals surface area (Å²) in [5.41, 5.74) is 3.50. The van der Waals surface area contributed by atoms with E-state index >= 15 is 0 Å².